The third kappa shape index (κ3) is 8.61. The van der Waals surface area contributed by atoms with Crippen molar-refractivity contribution in [2.75, 3.05) is 33.2 Å². The van der Waals surface area contributed by atoms with Crippen LogP contribution >= 0.6 is 24.0 Å². The number of piperidine rings is 1. The fraction of sp³-hybridized carbons (Fsp3) is 0.545. The van der Waals surface area contributed by atoms with E-state index in [0.29, 0.717) is 43.9 Å². The molecule has 0 aliphatic carbocycles. The monoisotopic (exact) mass is 565 g/mol. The Balaban J connectivity index is 0.00000363. The molecule has 1 aliphatic rings. The summed E-state index contributed by atoms with van der Waals surface area (Å²) < 4.78 is 43.3. The number of alkyl halides is 3. The Bertz CT molecular complexity index is 846. The summed E-state index contributed by atoms with van der Waals surface area (Å²) in [4.78, 5) is 10.0. The zero-order valence-corrected chi connectivity index (χ0v) is 20.7. The van der Waals surface area contributed by atoms with Gasteiger partial charge in [0.05, 0.1) is 19.3 Å². The van der Waals surface area contributed by atoms with Gasteiger partial charge in [0.15, 0.2) is 11.7 Å². The highest BCUT2D eigenvalue weighted by molar-refractivity contribution is 14.0. The summed E-state index contributed by atoms with van der Waals surface area (Å²) in [6, 6.07) is 8.06. The number of rotatable bonds is 7. The van der Waals surface area contributed by atoms with Crippen molar-refractivity contribution in [3.05, 3.63) is 41.9 Å². The van der Waals surface area contributed by atoms with Gasteiger partial charge in [0.25, 0.3) is 0 Å². The van der Waals surface area contributed by atoms with Crippen LogP contribution in [0.4, 0.5) is 13.2 Å². The van der Waals surface area contributed by atoms with E-state index in [1.807, 2.05) is 31.2 Å². The van der Waals surface area contributed by atoms with E-state index in [-0.39, 0.29) is 24.0 Å². The maximum absolute atomic E-state index is 12.5. The lowest BCUT2D eigenvalue weighted by Crippen LogP contribution is -2.41. The maximum atomic E-state index is 12.5. The van der Waals surface area contributed by atoms with Gasteiger partial charge in [-0.25, -0.2) is 4.98 Å². The van der Waals surface area contributed by atoms with Crippen molar-refractivity contribution >= 4 is 29.9 Å². The number of likely N-dealkylation sites (tertiary alicyclic amines) is 1. The molecule has 0 saturated carbocycles. The summed E-state index contributed by atoms with van der Waals surface area (Å²) in [5, 5.41) is 6.44. The second-order valence-electron chi connectivity index (χ2n) is 7.96. The first kappa shape index (κ1) is 26.4. The molecule has 0 radical (unpaired) electrons. The number of nitrogens with one attached hydrogen (secondary N) is 2. The van der Waals surface area contributed by atoms with Crippen LogP contribution in [-0.4, -0.2) is 55.2 Å². The number of nitrogens with zero attached hydrogens (tertiary/aromatic N) is 3. The standard InChI is InChI=1S/C22H30F3N5O.HI/c1-16-3-5-18(6-4-16)19-13-28-20(31-19)14-29-21(26-2)27-10-7-17-8-11-30(12-9-17)15-22(23,24)25;/h3-6,13,17H,7-12,14-15H2,1-2H3,(H2,26,27,29);1H. The molecule has 2 N–H and O–H groups in total. The van der Waals surface area contributed by atoms with Crippen LogP contribution in [0.5, 0.6) is 0 Å². The van der Waals surface area contributed by atoms with Crippen molar-refractivity contribution in [1.82, 2.24) is 20.5 Å². The van der Waals surface area contributed by atoms with Crippen LogP contribution < -0.4 is 10.6 Å². The molecule has 0 bridgehead atoms. The number of hydrogen-bond donors (Lipinski definition) is 2. The normalized spacial score (nSPS) is 16.0. The molecule has 1 aliphatic heterocycles. The molecule has 1 aromatic heterocycles. The Morgan fingerprint density at radius 2 is 1.88 bits per heavy atom. The van der Waals surface area contributed by atoms with E-state index < -0.39 is 12.7 Å². The minimum absolute atomic E-state index is 0. The van der Waals surface area contributed by atoms with Gasteiger partial charge in [-0.15, -0.1) is 24.0 Å². The Labute approximate surface area is 204 Å². The summed E-state index contributed by atoms with van der Waals surface area (Å²) in [6.45, 7) is 3.36. The quantitative estimate of drug-likeness (QED) is 0.292. The first-order valence-electron chi connectivity index (χ1n) is 10.6. The zero-order valence-electron chi connectivity index (χ0n) is 18.4. The minimum atomic E-state index is -4.11. The van der Waals surface area contributed by atoms with Gasteiger partial charge >= 0.3 is 6.18 Å². The second-order valence-corrected chi connectivity index (χ2v) is 7.96. The van der Waals surface area contributed by atoms with Gasteiger partial charge in [-0.05, 0) is 45.2 Å². The molecule has 0 spiro atoms. The number of halogens is 4. The van der Waals surface area contributed by atoms with Crippen LogP contribution in [0, 0.1) is 12.8 Å². The molecule has 1 fully saturated rings. The Kier molecular flexibility index (Phi) is 10.3. The van der Waals surface area contributed by atoms with Crippen molar-refractivity contribution < 1.29 is 17.6 Å². The van der Waals surface area contributed by atoms with Gasteiger partial charge in [0.2, 0.25) is 5.89 Å². The fourth-order valence-electron chi connectivity index (χ4n) is 3.70. The topological polar surface area (TPSA) is 65.7 Å². The Hall–Kier alpha value is -1.82. The van der Waals surface area contributed by atoms with Crippen LogP contribution in [0.25, 0.3) is 11.3 Å². The first-order valence-corrected chi connectivity index (χ1v) is 10.6. The van der Waals surface area contributed by atoms with Crippen LogP contribution in [0.2, 0.25) is 0 Å². The van der Waals surface area contributed by atoms with Gasteiger partial charge in [-0.3, -0.25) is 9.89 Å². The Morgan fingerprint density at radius 1 is 1.19 bits per heavy atom. The highest BCUT2D eigenvalue weighted by atomic mass is 127. The minimum Gasteiger partial charge on any atom is -0.439 e. The fourth-order valence-corrected chi connectivity index (χ4v) is 3.70. The number of aromatic nitrogens is 1. The molecule has 178 valence electrons. The van der Waals surface area contributed by atoms with E-state index in [1.54, 1.807) is 13.2 Å². The van der Waals surface area contributed by atoms with E-state index in [4.69, 9.17) is 4.42 Å². The molecular weight excluding hydrogens is 534 g/mol. The first-order chi connectivity index (χ1) is 14.8. The maximum Gasteiger partial charge on any atom is 0.401 e. The van der Waals surface area contributed by atoms with Crippen molar-refractivity contribution in [3.8, 4) is 11.3 Å². The number of oxazole rings is 1. The summed E-state index contributed by atoms with van der Waals surface area (Å²) in [5.41, 5.74) is 2.17. The molecule has 0 unspecified atom stereocenters. The van der Waals surface area contributed by atoms with Crippen molar-refractivity contribution in [2.45, 2.75) is 38.9 Å². The van der Waals surface area contributed by atoms with Crippen LogP contribution in [0.3, 0.4) is 0 Å². The highest BCUT2D eigenvalue weighted by Crippen LogP contribution is 2.24. The molecule has 2 heterocycles. The van der Waals surface area contributed by atoms with Crippen LogP contribution in [-0.2, 0) is 6.54 Å². The van der Waals surface area contributed by atoms with Gasteiger partial charge in [-0.2, -0.15) is 13.2 Å². The van der Waals surface area contributed by atoms with Crippen LogP contribution in [0.15, 0.2) is 39.9 Å². The molecule has 32 heavy (non-hydrogen) atoms. The number of hydrogen-bond acceptors (Lipinski definition) is 4. The van der Waals surface area contributed by atoms with E-state index in [2.05, 4.69) is 20.6 Å². The summed E-state index contributed by atoms with van der Waals surface area (Å²) in [5.74, 6) is 2.36. The molecule has 2 aromatic rings. The summed E-state index contributed by atoms with van der Waals surface area (Å²) >= 11 is 0. The zero-order chi connectivity index (χ0) is 22.3. The number of aryl methyl sites for hydroxylation is 1. The van der Waals surface area contributed by atoms with E-state index in [1.165, 1.54) is 10.5 Å². The molecule has 0 atom stereocenters. The third-order valence-electron chi connectivity index (χ3n) is 5.48. The molecule has 0 amide bonds. The van der Waals surface area contributed by atoms with E-state index >= 15 is 0 Å². The second kappa shape index (κ2) is 12.4. The van der Waals surface area contributed by atoms with Gasteiger partial charge in [0, 0.05) is 19.2 Å². The van der Waals surface area contributed by atoms with Gasteiger partial charge in [-0.1, -0.05) is 29.8 Å². The average Bonchev–Trinajstić information content (AvgIpc) is 3.20. The number of benzene rings is 1. The number of aliphatic imine (C=N–C) groups is 1. The molecule has 1 saturated heterocycles. The van der Waals surface area contributed by atoms with Crippen molar-refractivity contribution in [3.63, 3.8) is 0 Å². The predicted molar refractivity (Wildman–Crippen MR) is 130 cm³/mol. The molecular formula is C22H31F3IN5O. The Morgan fingerprint density at radius 3 is 2.50 bits per heavy atom. The third-order valence-corrected chi connectivity index (χ3v) is 5.48. The average molecular weight is 565 g/mol. The number of guanidine groups is 1. The lowest BCUT2D eigenvalue weighted by Gasteiger charge is -2.32. The van der Waals surface area contributed by atoms with E-state index in [9.17, 15) is 13.2 Å². The SMILES string of the molecule is CN=C(NCCC1CCN(CC(F)(F)F)CC1)NCc1ncc(-c2ccc(C)cc2)o1.I. The summed E-state index contributed by atoms with van der Waals surface area (Å²) in [7, 11) is 1.69. The largest absolute Gasteiger partial charge is 0.439 e. The molecule has 10 heteroatoms. The van der Waals surface area contributed by atoms with Crippen LogP contribution in [0.1, 0.15) is 30.7 Å². The smallest absolute Gasteiger partial charge is 0.401 e. The van der Waals surface area contributed by atoms with Gasteiger partial charge in [0.1, 0.15) is 0 Å². The summed E-state index contributed by atoms with van der Waals surface area (Å²) in [6.07, 6.45) is 0.0836. The van der Waals surface area contributed by atoms with Crippen molar-refractivity contribution in [2.24, 2.45) is 10.9 Å². The lowest BCUT2D eigenvalue weighted by atomic mass is 9.93. The molecule has 1 aromatic carbocycles. The predicted octanol–water partition coefficient (Wildman–Crippen LogP) is 4.60. The lowest BCUT2D eigenvalue weighted by molar-refractivity contribution is -0.148. The highest BCUT2D eigenvalue weighted by Gasteiger charge is 2.32. The van der Waals surface area contributed by atoms with Gasteiger partial charge < -0.3 is 15.1 Å². The molecule has 3 rings (SSSR count). The molecule has 6 nitrogen and oxygen atoms in total. The van der Waals surface area contributed by atoms with E-state index in [0.717, 1.165) is 30.6 Å². The van der Waals surface area contributed by atoms with Crippen molar-refractivity contribution in [1.29, 1.82) is 0 Å².